The lowest BCUT2D eigenvalue weighted by molar-refractivity contribution is -0.146. The van der Waals surface area contributed by atoms with Crippen molar-refractivity contribution < 1.29 is 23.8 Å². The topological polar surface area (TPSA) is 68.3 Å². The molecular weight excluding hydrogens is 452 g/mol. The predicted octanol–water partition coefficient (Wildman–Crippen LogP) is 4.17. The first-order valence-corrected chi connectivity index (χ1v) is 12.3. The van der Waals surface area contributed by atoms with Gasteiger partial charge in [-0.1, -0.05) is 26.8 Å². The largest absolute Gasteiger partial charge is 0.493 e. The average molecular weight is 491 g/mol. The number of ether oxygens (including phenoxy) is 3. The zero-order valence-electron chi connectivity index (χ0n) is 21.5. The molecule has 1 heterocycles. The number of nitrogens with zero attached hydrogens (tertiary/aromatic N) is 2. The van der Waals surface area contributed by atoms with Gasteiger partial charge in [0.2, 0.25) is 11.8 Å². The molecule has 8 heteroatoms. The van der Waals surface area contributed by atoms with Crippen LogP contribution in [0.3, 0.4) is 0 Å². The summed E-state index contributed by atoms with van der Waals surface area (Å²) in [7, 11) is 4.81. The zero-order valence-corrected chi connectivity index (χ0v) is 22.3. The summed E-state index contributed by atoms with van der Waals surface area (Å²) in [4.78, 5) is 31.1. The summed E-state index contributed by atoms with van der Waals surface area (Å²) in [5.74, 6) is 1.18. The van der Waals surface area contributed by atoms with Crippen LogP contribution in [0.25, 0.3) is 0 Å². The van der Waals surface area contributed by atoms with E-state index in [4.69, 9.17) is 14.2 Å². The van der Waals surface area contributed by atoms with Crippen molar-refractivity contribution in [2.45, 2.75) is 40.7 Å². The van der Waals surface area contributed by atoms with Gasteiger partial charge in [0, 0.05) is 30.5 Å². The van der Waals surface area contributed by atoms with Gasteiger partial charge in [-0.2, -0.15) is 0 Å². The number of carbonyl (C=O) groups excluding carboxylic acids is 2. The minimum absolute atomic E-state index is 0.0236. The lowest BCUT2D eigenvalue weighted by Crippen LogP contribution is -2.47. The van der Waals surface area contributed by atoms with Crippen LogP contribution in [0.5, 0.6) is 11.5 Å². The first-order chi connectivity index (χ1) is 16.1. The Morgan fingerprint density at radius 3 is 2.24 bits per heavy atom. The molecule has 1 aromatic carbocycles. The van der Waals surface area contributed by atoms with Gasteiger partial charge in [0.25, 0.3) is 0 Å². The van der Waals surface area contributed by atoms with E-state index in [2.05, 4.69) is 13.0 Å². The number of methoxy groups -OCH3 is 3. The van der Waals surface area contributed by atoms with E-state index in [9.17, 15) is 9.59 Å². The molecule has 34 heavy (non-hydrogen) atoms. The van der Waals surface area contributed by atoms with E-state index < -0.39 is 5.41 Å². The number of hydrogen-bond acceptors (Lipinski definition) is 6. The summed E-state index contributed by atoms with van der Waals surface area (Å²) in [5.41, 5.74) is 1.62. The van der Waals surface area contributed by atoms with E-state index in [0.717, 1.165) is 16.0 Å². The fourth-order valence-electron chi connectivity index (χ4n) is 3.52. The highest BCUT2D eigenvalue weighted by atomic mass is 32.1. The molecule has 0 N–H and O–H groups in total. The first kappa shape index (κ1) is 27.7. The summed E-state index contributed by atoms with van der Waals surface area (Å²) in [6.07, 6.45) is 0.655. The number of hydrogen-bond donors (Lipinski definition) is 0. The van der Waals surface area contributed by atoms with Gasteiger partial charge in [0.15, 0.2) is 11.5 Å². The molecule has 0 saturated carbocycles. The Bertz CT molecular complexity index is 951. The molecule has 0 aliphatic rings. The molecule has 7 nitrogen and oxygen atoms in total. The standard InChI is InChI=1S/C26H38N2O5S/c1-19-11-15-34-23(19)17-27(12-10-20-8-9-21(32-6)22(16-20)33-7)24(29)18-28(13-14-31-5)25(30)26(2,3)4/h8-9,11,15-16H,10,12-14,17-18H2,1-7H3. The van der Waals surface area contributed by atoms with Crippen LogP contribution >= 0.6 is 11.3 Å². The Morgan fingerprint density at radius 1 is 0.971 bits per heavy atom. The third-order valence-electron chi connectivity index (χ3n) is 5.59. The highest BCUT2D eigenvalue weighted by Gasteiger charge is 2.29. The number of thiophene rings is 1. The van der Waals surface area contributed by atoms with Crippen LogP contribution < -0.4 is 9.47 Å². The van der Waals surface area contributed by atoms with E-state index in [0.29, 0.717) is 44.2 Å². The Kier molecular flexibility index (Phi) is 10.4. The lowest BCUT2D eigenvalue weighted by atomic mass is 9.94. The molecule has 0 saturated heterocycles. The average Bonchev–Trinajstić information content (AvgIpc) is 3.21. The third-order valence-corrected chi connectivity index (χ3v) is 6.60. The van der Waals surface area contributed by atoms with Crippen molar-refractivity contribution in [1.29, 1.82) is 0 Å². The summed E-state index contributed by atoms with van der Waals surface area (Å²) in [5, 5.41) is 2.04. The smallest absolute Gasteiger partial charge is 0.242 e. The molecule has 0 fully saturated rings. The molecule has 0 spiro atoms. The number of amides is 2. The van der Waals surface area contributed by atoms with Crippen LogP contribution in [0.2, 0.25) is 0 Å². The van der Waals surface area contributed by atoms with Crippen molar-refractivity contribution in [1.82, 2.24) is 9.80 Å². The second kappa shape index (κ2) is 12.8. The van der Waals surface area contributed by atoms with Crippen LogP contribution in [0.4, 0.5) is 0 Å². The second-order valence-electron chi connectivity index (χ2n) is 9.25. The van der Waals surface area contributed by atoms with E-state index >= 15 is 0 Å². The van der Waals surface area contributed by atoms with E-state index in [-0.39, 0.29) is 18.4 Å². The number of aryl methyl sites for hydroxylation is 1. The van der Waals surface area contributed by atoms with E-state index in [1.165, 1.54) is 0 Å². The number of carbonyl (C=O) groups is 2. The Morgan fingerprint density at radius 2 is 1.68 bits per heavy atom. The highest BCUT2D eigenvalue weighted by Crippen LogP contribution is 2.28. The highest BCUT2D eigenvalue weighted by molar-refractivity contribution is 7.10. The second-order valence-corrected chi connectivity index (χ2v) is 10.3. The SMILES string of the molecule is COCCN(CC(=O)N(CCc1ccc(OC)c(OC)c1)Cc1sccc1C)C(=O)C(C)(C)C. The van der Waals surface area contributed by atoms with Gasteiger partial charge in [0.1, 0.15) is 0 Å². The molecule has 0 aliphatic heterocycles. The molecular formula is C26H38N2O5S. The van der Waals surface area contributed by atoms with Gasteiger partial charge in [-0.15, -0.1) is 11.3 Å². The molecule has 188 valence electrons. The molecule has 1 aromatic heterocycles. The molecule has 2 amide bonds. The quantitative estimate of drug-likeness (QED) is 0.447. The van der Waals surface area contributed by atoms with E-state index in [1.807, 2.05) is 49.3 Å². The number of benzene rings is 1. The normalized spacial score (nSPS) is 11.3. The minimum atomic E-state index is -0.581. The maximum Gasteiger partial charge on any atom is 0.242 e. The van der Waals surface area contributed by atoms with Crippen LogP contribution in [0.1, 0.15) is 36.8 Å². The Balaban J connectivity index is 2.22. The van der Waals surface area contributed by atoms with Gasteiger partial charge >= 0.3 is 0 Å². The lowest BCUT2D eigenvalue weighted by Gasteiger charge is -2.31. The molecule has 0 bridgehead atoms. The molecule has 0 unspecified atom stereocenters. The minimum Gasteiger partial charge on any atom is -0.493 e. The molecule has 2 aromatic rings. The van der Waals surface area contributed by atoms with Crippen molar-refractivity contribution in [2.24, 2.45) is 5.41 Å². The number of rotatable bonds is 12. The maximum absolute atomic E-state index is 13.5. The van der Waals surface area contributed by atoms with Crippen molar-refractivity contribution in [3.8, 4) is 11.5 Å². The third kappa shape index (κ3) is 7.74. The fraction of sp³-hybridized carbons (Fsp3) is 0.538. The van der Waals surface area contributed by atoms with Gasteiger partial charge < -0.3 is 24.0 Å². The summed E-state index contributed by atoms with van der Waals surface area (Å²) in [6, 6.07) is 7.85. The Hall–Kier alpha value is -2.58. The van der Waals surface area contributed by atoms with Crippen molar-refractivity contribution in [3.63, 3.8) is 0 Å². The van der Waals surface area contributed by atoms with Gasteiger partial charge in [0.05, 0.1) is 33.9 Å². The van der Waals surface area contributed by atoms with Gasteiger partial charge in [-0.25, -0.2) is 0 Å². The molecule has 0 aliphatic carbocycles. The van der Waals surface area contributed by atoms with Gasteiger partial charge in [-0.3, -0.25) is 9.59 Å². The maximum atomic E-state index is 13.5. The zero-order chi connectivity index (χ0) is 25.3. The summed E-state index contributed by atoms with van der Waals surface area (Å²) < 4.78 is 15.9. The predicted molar refractivity (Wildman–Crippen MR) is 136 cm³/mol. The summed E-state index contributed by atoms with van der Waals surface area (Å²) >= 11 is 1.64. The van der Waals surface area contributed by atoms with E-state index in [1.54, 1.807) is 37.6 Å². The van der Waals surface area contributed by atoms with Crippen LogP contribution in [-0.2, 0) is 27.3 Å². The van der Waals surface area contributed by atoms with Crippen molar-refractivity contribution >= 4 is 23.2 Å². The molecule has 0 atom stereocenters. The summed E-state index contributed by atoms with van der Waals surface area (Å²) in [6.45, 7) is 9.46. The van der Waals surface area contributed by atoms with Crippen LogP contribution in [-0.4, -0.2) is 69.2 Å². The Labute approximate surface area is 207 Å². The van der Waals surface area contributed by atoms with Crippen LogP contribution in [0.15, 0.2) is 29.6 Å². The van der Waals surface area contributed by atoms with Crippen LogP contribution in [0, 0.1) is 12.3 Å². The first-order valence-electron chi connectivity index (χ1n) is 11.4. The molecule has 2 rings (SSSR count). The monoisotopic (exact) mass is 490 g/mol. The van der Waals surface area contributed by atoms with Crippen molar-refractivity contribution in [2.75, 3.05) is 47.6 Å². The molecule has 0 radical (unpaired) electrons. The van der Waals surface area contributed by atoms with Gasteiger partial charge in [-0.05, 0) is 48.1 Å². The fourth-order valence-corrected chi connectivity index (χ4v) is 4.44. The van der Waals surface area contributed by atoms with Crippen molar-refractivity contribution in [3.05, 3.63) is 45.6 Å².